The fourth-order valence-electron chi connectivity index (χ4n) is 3.66. The molecule has 2 aromatic carbocycles. The molecular formula is C21H21ClN4O. The summed E-state index contributed by atoms with van der Waals surface area (Å²) in [6, 6.07) is 15.4. The van der Waals surface area contributed by atoms with E-state index in [1.54, 1.807) is 4.90 Å². The highest BCUT2D eigenvalue weighted by Crippen LogP contribution is 2.34. The number of halogens is 1. The lowest BCUT2D eigenvalue weighted by molar-refractivity contribution is 0.0735. The highest BCUT2D eigenvalue weighted by molar-refractivity contribution is 6.31. The van der Waals surface area contributed by atoms with Gasteiger partial charge >= 0.3 is 0 Å². The molecule has 0 fully saturated rings. The molecule has 1 unspecified atom stereocenters. The second-order valence-corrected chi connectivity index (χ2v) is 7.25. The van der Waals surface area contributed by atoms with Crippen LogP contribution >= 0.6 is 11.6 Å². The predicted octanol–water partition coefficient (Wildman–Crippen LogP) is 4.40. The van der Waals surface area contributed by atoms with Crippen molar-refractivity contribution in [3.63, 3.8) is 0 Å². The van der Waals surface area contributed by atoms with Crippen molar-refractivity contribution in [2.24, 2.45) is 0 Å². The van der Waals surface area contributed by atoms with Crippen LogP contribution in [0, 0.1) is 13.8 Å². The maximum atomic E-state index is 12.8. The van der Waals surface area contributed by atoms with E-state index in [1.807, 2.05) is 74.1 Å². The Balaban J connectivity index is 1.72. The van der Waals surface area contributed by atoms with Gasteiger partial charge in [-0.1, -0.05) is 41.9 Å². The van der Waals surface area contributed by atoms with Crippen molar-refractivity contribution in [1.82, 2.24) is 14.7 Å². The standard InChI is InChI=1S/C21H21ClN4O/c1-13-19(14(2)26(24-13)12-15-8-4-6-10-17(15)22)20-23-18-11-7-5-9-16(18)21(27)25(20)3/h4-11,20,23H,12H2,1-3H3. The molecule has 2 heterocycles. The van der Waals surface area contributed by atoms with Crippen LogP contribution in [0.1, 0.15) is 39.0 Å². The molecular weight excluding hydrogens is 360 g/mol. The third kappa shape index (κ3) is 2.98. The van der Waals surface area contributed by atoms with Gasteiger partial charge in [-0.25, -0.2) is 0 Å². The van der Waals surface area contributed by atoms with E-state index >= 15 is 0 Å². The molecule has 5 nitrogen and oxygen atoms in total. The topological polar surface area (TPSA) is 50.2 Å². The Bertz CT molecular complexity index is 1030. The molecule has 1 atom stereocenters. The molecule has 0 saturated heterocycles. The summed E-state index contributed by atoms with van der Waals surface area (Å²) in [5, 5.41) is 8.93. The Morgan fingerprint density at radius 2 is 1.81 bits per heavy atom. The van der Waals surface area contributed by atoms with Crippen molar-refractivity contribution >= 4 is 23.2 Å². The summed E-state index contributed by atoms with van der Waals surface area (Å²) in [5.41, 5.74) is 5.49. The Morgan fingerprint density at radius 3 is 2.59 bits per heavy atom. The third-order valence-corrected chi connectivity index (χ3v) is 5.51. The molecule has 138 valence electrons. The number of anilines is 1. The van der Waals surface area contributed by atoms with E-state index in [9.17, 15) is 4.79 Å². The van der Waals surface area contributed by atoms with Gasteiger partial charge in [0.05, 0.1) is 17.8 Å². The SMILES string of the molecule is Cc1nn(Cc2ccccc2Cl)c(C)c1C1Nc2ccccc2C(=O)N1C. The first kappa shape index (κ1) is 17.6. The molecule has 27 heavy (non-hydrogen) atoms. The summed E-state index contributed by atoms with van der Waals surface area (Å²) < 4.78 is 1.95. The molecule has 1 N–H and O–H groups in total. The van der Waals surface area contributed by atoms with E-state index in [4.69, 9.17) is 16.7 Å². The monoisotopic (exact) mass is 380 g/mol. The Hall–Kier alpha value is -2.79. The van der Waals surface area contributed by atoms with Crippen LogP contribution in [0.5, 0.6) is 0 Å². The maximum absolute atomic E-state index is 12.8. The van der Waals surface area contributed by atoms with E-state index in [0.29, 0.717) is 12.1 Å². The first-order valence-corrected chi connectivity index (χ1v) is 9.25. The summed E-state index contributed by atoms with van der Waals surface area (Å²) in [4.78, 5) is 14.5. The van der Waals surface area contributed by atoms with Gasteiger partial charge in [-0.3, -0.25) is 9.48 Å². The van der Waals surface area contributed by atoms with E-state index in [0.717, 1.165) is 33.2 Å². The molecule has 6 heteroatoms. The summed E-state index contributed by atoms with van der Waals surface area (Å²) >= 11 is 6.31. The van der Waals surface area contributed by atoms with Gasteiger partial charge in [0.15, 0.2) is 0 Å². The Morgan fingerprint density at radius 1 is 1.11 bits per heavy atom. The van der Waals surface area contributed by atoms with Crippen molar-refractivity contribution in [2.75, 3.05) is 12.4 Å². The number of fused-ring (bicyclic) bond motifs is 1. The average Bonchev–Trinajstić information content (AvgIpc) is 2.94. The highest BCUT2D eigenvalue weighted by atomic mass is 35.5. The zero-order valence-electron chi connectivity index (χ0n) is 15.5. The molecule has 0 spiro atoms. The van der Waals surface area contributed by atoms with Crippen molar-refractivity contribution < 1.29 is 4.79 Å². The molecule has 0 saturated carbocycles. The summed E-state index contributed by atoms with van der Waals surface area (Å²) in [7, 11) is 1.82. The van der Waals surface area contributed by atoms with Gasteiger partial charge in [0.25, 0.3) is 5.91 Å². The lowest BCUT2D eigenvalue weighted by Crippen LogP contribution is -2.40. The van der Waals surface area contributed by atoms with Crippen molar-refractivity contribution in [2.45, 2.75) is 26.6 Å². The number of carbonyl (C=O) groups excluding carboxylic acids is 1. The summed E-state index contributed by atoms with van der Waals surface area (Å²) in [5.74, 6) is 0.00649. The van der Waals surface area contributed by atoms with Gasteiger partial charge < -0.3 is 10.2 Å². The van der Waals surface area contributed by atoms with Gasteiger partial charge in [-0.05, 0) is 37.6 Å². The molecule has 1 aliphatic rings. The number of para-hydroxylation sites is 1. The third-order valence-electron chi connectivity index (χ3n) is 5.15. The molecule has 4 rings (SSSR count). The number of hydrogen-bond donors (Lipinski definition) is 1. The summed E-state index contributed by atoms with van der Waals surface area (Å²) in [6.07, 6.45) is -0.257. The van der Waals surface area contributed by atoms with E-state index in [2.05, 4.69) is 5.32 Å². The Labute approximate surface area is 163 Å². The van der Waals surface area contributed by atoms with E-state index < -0.39 is 0 Å². The number of nitrogens with one attached hydrogen (secondary N) is 1. The van der Waals surface area contributed by atoms with Crippen molar-refractivity contribution in [3.8, 4) is 0 Å². The number of hydrogen-bond acceptors (Lipinski definition) is 3. The minimum absolute atomic E-state index is 0.00649. The number of aromatic nitrogens is 2. The quantitative estimate of drug-likeness (QED) is 0.732. The molecule has 1 aromatic heterocycles. The van der Waals surface area contributed by atoms with Crippen LogP contribution in [0.2, 0.25) is 5.02 Å². The van der Waals surface area contributed by atoms with Gasteiger partial charge in [0.2, 0.25) is 0 Å². The number of carbonyl (C=O) groups is 1. The maximum Gasteiger partial charge on any atom is 0.257 e. The van der Waals surface area contributed by atoms with Crippen LogP contribution in [-0.4, -0.2) is 27.6 Å². The van der Waals surface area contributed by atoms with E-state index in [1.165, 1.54) is 0 Å². The predicted molar refractivity (Wildman–Crippen MR) is 107 cm³/mol. The largest absolute Gasteiger partial charge is 0.361 e. The van der Waals surface area contributed by atoms with Crippen LogP contribution < -0.4 is 5.32 Å². The first-order valence-electron chi connectivity index (χ1n) is 8.87. The second-order valence-electron chi connectivity index (χ2n) is 6.84. The van der Waals surface area contributed by atoms with Crippen LogP contribution in [0.25, 0.3) is 0 Å². The van der Waals surface area contributed by atoms with Gasteiger partial charge in [-0.2, -0.15) is 5.10 Å². The number of aryl methyl sites for hydroxylation is 1. The molecule has 3 aromatic rings. The zero-order chi connectivity index (χ0) is 19.1. The van der Waals surface area contributed by atoms with Gasteiger partial charge in [-0.15, -0.1) is 0 Å². The number of amides is 1. The second kappa shape index (κ2) is 6.74. The van der Waals surface area contributed by atoms with Crippen LogP contribution in [0.15, 0.2) is 48.5 Å². The van der Waals surface area contributed by atoms with Crippen LogP contribution in [0.3, 0.4) is 0 Å². The fourth-order valence-corrected chi connectivity index (χ4v) is 3.86. The normalized spacial score (nSPS) is 16.2. The molecule has 1 amide bonds. The van der Waals surface area contributed by atoms with E-state index in [-0.39, 0.29) is 12.1 Å². The lowest BCUT2D eigenvalue weighted by atomic mass is 10.0. The van der Waals surface area contributed by atoms with Crippen LogP contribution in [0.4, 0.5) is 5.69 Å². The minimum Gasteiger partial charge on any atom is -0.361 e. The smallest absolute Gasteiger partial charge is 0.257 e. The summed E-state index contributed by atoms with van der Waals surface area (Å²) in [6.45, 7) is 4.60. The zero-order valence-corrected chi connectivity index (χ0v) is 16.3. The molecule has 1 aliphatic heterocycles. The molecule has 0 bridgehead atoms. The van der Waals surface area contributed by atoms with Crippen molar-refractivity contribution in [1.29, 1.82) is 0 Å². The Kier molecular flexibility index (Phi) is 4.40. The first-order chi connectivity index (χ1) is 13.0. The van der Waals surface area contributed by atoms with Crippen LogP contribution in [-0.2, 0) is 6.54 Å². The lowest BCUT2D eigenvalue weighted by Gasteiger charge is -2.35. The number of benzene rings is 2. The molecule has 0 radical (unpaired) electrons. The minimum atomic E-state index is -0.257. The highest BCUT2D eigenvalue weighted by Gasteiger charge is 2.33. The number of nitrogens with zero attached hydrogens (tertiary/aromatic N) is 3. The van der Waals surface area contributed by atoms with Gasteiger partial charge in [0.1, 0.15) is 6.17 Å². The molecule has 0 aliphatic carbocycles. The average molecular weight is 381 g/mol. The number of rotatable bonds is 3. The van der Waals surface area contributed by atoms with Gasteiger partial charge in [0, 0.05) is 29.0 Å². The fraction of sp³-hybridized carbons (Fsp3) is 0.238. The van der Waals surface area contributed by atoms with Crippen molar-refractivity contribution in [3.05, 3.63) is 81.6 Å².